The summed E-state index contributed by atoms with van der Waals surface area (Å²) >= 11 is 0. The zero-order valence-electron chi connectivity index (χ0n) is 18.3. The van der Waals surface area contributed by atoms with Gasteiger partial charge in [0, 0.05) is 11.7 Å². The number of carbonyl (C=O) groups is 1. The number of rotatable bonds is 7. The van der Waals surface area contributed by atoms with Gasteiger partial charge in [0.2, 0.25) is 5.91 Å². The summed E-state index contributed by atoms with van der Waals surface area (Å²) in [5.74, 6) is 0.947. The zero-order valence-corrected chi connectivity index (χ0v) is 18.3. The van der Waals surface area contributed by atoms with Crippen molar-refractivity contribution in [2.45, 2.75) is 57.9 Å². The lowest BCUT2D eigenvalue weighted by Gasteiger charge is -2.25. The molecular formula is C25H32N4O2. The van der Waals surface area contributed by atoms with Crippen molar-refractivity contribution in [3.8, 4) is 0 Å². The molecule has 3 aromatic rings. The van der Waals surface area contributed by atoms with Crippen LogP contribution in [0.25, 0.3) is 11.0 Å². The van der Waals surface area contributed by atoms with Crippen LogP contribution in [-0.2, 0) is 4.79 Å². The molecule has 31 heavy (non-hydrogen) atoms. The second kappa shape index (κ2) is 9.52. The third kappa shape index (κ3) is 5.25. The molecule has 1 unspecified atom stereocenters. The van der Waals surface area contributed by atoms with E-state index in [1.54, 1.807) is 18.2 Å². The Morgan fingerprint density at radius 1 is 1.00 bits per heavy atom. The Morgan fingerprint density at radius 2 is 1.71 bits per heavy atom. The molecule has 1 heterocycles. The molecule has 4 rings (SSSR count). The van der Waals surface area contributed by atoms with E-state index in [1.165, 1.54) is 43.2 Å². The van der Waals surface area contributed by atoms with Gasteiger partial charge >= 0.3 is 5.69 Å². The van der Waals surface area contributed by atoms with Crippen LogP contribution in [0, 0.1) is 5.92 Å². The predicted molar refractivity (Wildman–Crippen MR) is 125 cm³/mol. The summed E-state index contributed by atoms with van der Waals surface area (Å²) in [6.07, 6.45) is 6.64. The molecule has 0 aliphatic heterocycles. The molecule has 6 heteroatoms. The van der Waals surface area contributed by atoms with Crippen molar-refractivity contribution in [1.29, 1.82) is 0 Å². The average molecular weight is 421 g/mol. The van der Waals surface area contributed by atoms with Gasteiger partial charge in [0.05, 0.1) is 17.6 Å². The number of nitrogens with one attached hydrogen (secondary N) is 4. The first-order valence-corrected chi connectivity index (χ1v) is 11.3. The Bertz CT molecular complexity index is 1070. The molecule has 6 nitrogen and oxygen atoms in total. The van der Waals surface area contributed by atoms with E-state index in [4.69, 9.17) is 0 Å². The molecule has 164 valence electrons. The first-order chi connectivity index (χ1) is 15.0. The van der Waals surface area contributed by atoms with E-state index in [1.807, 2.05) is 0 Å². The van der Waals surface area contributed by atoms with Gasteiger partial charge in [-0.05, 0) is 54.0 Å². The maximum Gasteiger partial charge on any atom is 0.323 e. The number of hydrogen-bond acceptors (Lipinski definition) is 3. The Morgan fingerprint density at radius 3 is 2.42 bits per heavy atom. The predicted octanol–water partition coefficient (Wildman–Crippen LogP) is 4.83. The minimum Gasteiger partial charge on any atom is -0.325 e. The highest BCUT2D eigenvalue weighted by atomic mass is 16.2. The maximum absolute atomic E-state index is 12.5. The van der Waals surface area contributed by atoms with Crippen LogP contribution in [0.3, 0.4) is 0 Å². The summed E-state index contributed by atoms with van der Waals surface area (Å²) in [5, 5.41) is 6.32. The summed E-state index contributed by atoms with van der Waals surface area (Å²) in [7, 11) is 0. The molecule has 1 aliphatic rings. The lowest BCUT2D eigenvalue weighted by molar-refractivity contribution is -0.115. The van der Waals surface area contributed by atoms with E-state index in [2.05, 4.69) is 58.7 Å². The number of H-pyrrole nitrogens is 2. The number of imidazole rings is 1. The number of anilines is 1. The molecule has 1 amide bonds. The Kier molecular flexibility index (Phi) is 6.56. The number of aromatic nitrogens is 2. The molecule has 1 aliphatic carbocycles. The molecule has 1 saturated carbocycles. The van der Waals surface area contributed by atoms with Crippen LogP contribution in [0.1, 0.15) is 69.0 Å². The highest BCUT2D eigenvalue weighted by Gasteiger charge is 2.19. The van der Waals surface area contributed by atoms with Crippen LogP contribution in [0.5, 0.6) is 0 Å². The Hall–Kier alpha value is -2.86. The van der Waals surface area contributed by atoms with Gasteiger partial charge in [-0.25, -0.2) is 4.79 Å². The van der Waals surface area contributed by atoms with Gasteiger partial charge in [-0.2, -0.15) is 0 Å². The van der Waals surface area contributed by atoms with Crippen molar-refractivity contribution in [2.24, 2.45) is 5.92 Å². The van der Waals surface area contributed by atoms with Crippen LogP contribution in [0.2, 0.25) is 0 Å². The fourth-order valence-electron chi connectivity index (χ4n) is 4.67. The first kappa shape index (κ1) is 21.4. The lowest BCUT2D eigenvalue weighted by atomic mass is 9.83. The monoisotopic (exact) mass is 420 g/mol. The van der Waals surface area contributed by atoms with Crippen LogP contribution >= 0.6 is 0 Å². The number of fused-ring (bicyclic) bond motifs is 1. The van der Waals surface area contributed by atoms with Crippen LogP contribution in [-0.4, -0.2) is 22.4 Å². The SMILES string of the molecule is CC(C)C(NCC(=O)Nc1ccc2[nH]c(=O)[nH]c2c1)c1ccc(C2CCCCC2)cc1. The molecule has 1 atom stereocenters. The van der Waals surface area contributed by atoms with Crippen LogP contribution in [0.15, 0.2) is 47.3 Å². The van der Waals surface area contributed by atoms with E-state index in [-0.39, 0.29) is 24.2 Å². The second-order valence-corrected chi connectivity index (χ2v) is 8.99. The maximum atomic E-state index is 12.5. The molecule has 0 bridgehead atoms. The second-order valence-electron chi connectivity index (χ2n) is 8.99. The highest BCUT2D eigenvalue weighted by Crippen LogP contribution is 2.33. The third-order valence-corrected chi connectivity index (χ3v) is 6.32. The minimum atomic E-state index is -0.255. The molecule has 4 N–H and O–H groups in total. The molecule has 0 spiro atoms. The summed E-state index contributed by atoms with van der Waals surface area (Å²) in [6, 6.07) is 14.4. The normalized spacial score (nSPS) is 16.0. The molecule has 0 saturated heterocycles. The molecule has 1 aromatic heterocycles. The number of hydrogen-bond donors (Lipinski definition) is 4. The number of benzene rings is 2. The largest absolute Gasteiger partial charge is 0.325 e. The fourth-order valence-corrected chi connectivity index (χ4v) is 4.67. The highest BCUT2D eigenvalue weighted by molar-refractivity contribution is 5.94. The fraction of sp³-hybridized carbons (Fsp3) is 0.440. The van der Waals surface area contributed by atoms with E-state index in [0.29, 0.717) is 23.0 Å². The van der Waals surface area contributed by atoms with E-state index in [9.17, 15) is 9.59 Å². The zero-order chi connectivity index (χ0) is 21.8. The van der Waals surface area contributed by atoms with E-state index < -0.39 is 0 Å². The third-order valence-electron chi connectivity index (χ3n) is 6.32. The Labute approximate surface area is 182 Å². The van der Waals surface area contributed by atoms with Crippen molar-refractivity contribution >= 4 is 22.6 Å². The van der Waals surface area contributed by atoms with Gasteiger partial charge in [-0.15, -0.1) is 0 Å². The van der Waals surface area contributed by atoms with Gasteiger partial charge in [0.25, 0.3) is 0 Å². The number of carbonyl (C=O) groups excluding carboxylic acids is 1. The average Bonchev–Trinajstić information content (AvgIpc) is 3.14. The lowest BCUT2D eigenvalue weighted by Crippen LogP contribution is -2.33. The molecule has 1 fully saturated rings. The smallest absolute Gasteiger partial charge is 0.323 e. The summed E-state index contributed by atoms with van der Waals surface area (Å²) < 4.78 is 0. The van der Waals surface area contributed by atoms with Crippen LogP contribution in [0.4, 0.5) is 5.69 Å². The summed E-state index contributed by atoms with van der Waals surface area (Å²) in [5.41, 5.74) is 4.46. The van der Waals surface area contributed by atoms with E-state index in [0.717, 1.165) is 5.52 Å². The van der Waals surface area contributed by atoms with Crippen molar-refractivity contribution in [1.82, 2.24) is 15.3 Å². The van der Waals surface area contributed by atoms with Crippen molar-refractivity contribution in [3.63, 3.8) is 0 Å². The van der Waals surface area contributed by atoms with Gasteiger partial charge in [-0.1, -0.05) is 57.4 Å². The molecule has 0 radical (unpaired) electrons. The standard InChI is InChI=1S/C25H32N4O2/c1-16(2)24(19-10-8-18(9-11-19)17-6-4-3-5-7-17)26-15-23(30)27-20-12-13-21-22(14-20)29-25(31)28-21/h8-14,16-17,24,26H,3-7,15H2,1-2H3,(H,27,30)(H2,28,29,31). The van der Waals surface area contributed by atoms with Gasteiger partial charge in [0.1, 0.15) is 0 Å². The van der Waals surface area contributed by atoms with Gasteiger partial charge in [-0.3, -0.25) is 4.79 Å². The van der Waals surface area contributed by atoms with Crippen LogP contribution < -0.4 is 16.3 Å². The molecular weight excluding hydrogens is 388 g/mol. The number of amides is 1. The van der Waals surface area contributed by atoms with Gasteiger partial charge < -0.3 is 20.6 Å². The minimum absolute atomic E-state index is 0.106. The van der Waals surface area contributed by atoms with Crippen molar-refractivity contribution in [3.05, 3.63) is 64.1 Å². The Balaban J connectivity index is 1.37. The summed E-state index contributed by atoms with van der Waals surface area (Å²) in [4.78, 5) is 29.3. The van der Waals surface area contributed by atoms with Crippen molar-refractivity contribution < 1.29 is 4.79 Å². The number of aromatic amines is 2. The molecule has 2 aromatic carbocycles. The van der Waals surface area contributed by atoms with Gasteiger partial charge in [0.15, 0.2) is 0 Å². The van der Waals surface area contributed by atoms with E-state index >= 15 is 0 Å². The summed E-state index contributed by atoms with van der Waals surface area (Å²) in [6.45, 7) is 4.55. The van der Waals surface area contributed by atoms with Crippen molar-refractivity contribution in [2.75, 3.05) is 11.9 Å². The first-order valence-electron chi connectivity index (χ1n) is 11.3. The topological polar surface area (TPSA) is 89.8 Å². The quantitative estimate of drug-likeness (QED) is 0.441.